The van der Waals surface area contributed by atoms with Crippen LogP contribution in [0.2, 0.25) is 0 Å². The Morgan fingerprint density at radius 2 is 1.59 bits per heavy atom. The molecule has 2 rings (SSSR count). The Labute approximate surface area is 171 Å². The lowest BCUT2D eigenvalue weighted by molar-refractivity contribution is -0.156. The van der Waals surface area contributed by atoms with Crippen molar-refractivity contribution in [2.45, 2.75) is 39.4 Å². The van der Waals surface area contributed by atoms with Crippen LogP contribution in [0.25, 0.3) is 0 Å². The van der Waals surface area contributed by atoms with E-state index in [1.54, 1.807) is 19.1 Å². The fourth-order valence-electron chi connectivity index (χ4n) is 2.64. The van der Waals surface area contributed by atoms with Gasteiger partial charge in [0, 0.05) is 13.0 Å². The number of carbonyl (C=O) groups is 2. The smallest absolute Gasteiger partial charge is 0.335 e. The minimum atomic E-state index is -0.619. The fraction of sp³-hybridized carbons (Fsp3) is 0.391. The highest BCUT2D eigenvalue weighted by Crippen LogP contribution is 2.15. The Hall–Kier alpha value is -2.86. The highest BCUT2D eigenvalue weighted by atomic mass is 16.6. The number of esters is 2. The van der Waals surface area contributed by atoms with Gasteiger partial charge in [-0.1, -0.05) is 42.5 Å². The first-order valence-electron chi connectivity index (χ1n) is 9.81. The summed E-state index contributed by atoms with van der Waals surface area (Å²) in [5.41, 5.74) is 1.89. The molecule has 0 unspecified atom stereocenters. The molecule has 1 atom stereocenters. The summed E-state index contributed by atoms with van der Waals surface area (Å²) in [6.45, 7) is 4.86. The third-order valence-corrected chi connectivity index (χ3v) is 4.08. The van der Waals surface area contributed by atoms with Gasteiger partial charge in [-0.15, -0.1) is 0 Å². The van der Waals surface area contributed by atoms with E-state index in [-0.39, 0.29) is 31.6 Å². The van der Waals surface area contributed by atoms with Crippen LogP contribution in [0.5, 0.6) is 5.75 Å². The molecule has 0 saturated carbocycles. The maximum Gasteiger partial charge on any atom is 0.335 e. The molecule has 2 aromatic carbocycles. The van der Waals surface area contributed by atoms with Crippen molar-refractivity contribution in [3.05, 3.63) is 65.7 Å². The van der Waals surface area contributed by atoms with Gasteiger partial charge in [-0.3, -0.25) is 4.79 Å². The van der Waals surface area contributed by atoms with Crippen LogP contribution in [0.3, 0.4) is 0 Å². The second kappa shape index (κ2) is 12.6. The Bertz CT molecular complexity index is 742. The van der Waals surface area contributed by atoms with E-state index < -0.39 is 6.10 Å². The SMILES string of the molecule is CCOC(=O)[C@H](Cc1ccc(OCCC(=O)OCc2ccccc2)cc1)OCC. The molecule has 29 heavy (non-hydrogen) atoms. The zero-order chi connectivity index (χ0) is 20.9. The van der Waals surface area contributed by atoms with E-state index in [1.165, 1.54) is 0 Å². The molecular weight excluding hydrogens is 372 g/mol. The normalized spacial score (nSPS) is 11.5. The van der Waals surface area contributed by atoms with Gasteiger partial charge in [0.1, 0.15) is 12.4 Å². The summed E-state index contributed by atoms with van der Waals surface area (Å²) in [4.78, 5) is 23.7. The number of ether oxygens (including phenoxy) is 4. The molecule has 0 bridgehead atoms. The molecule has 0 spiro atoms. The third kappa shape index (κ3) is 8.35. The van der Waals surface area contributed by atoms with Gasteiger partial charge >= 0.3 is 11.9 Å². The lowest BCUT2D eigenvalue weighted by atomic mass is 10.1. The Morgan fingerprint density at radius 1 is 0.862 bits per heavy atom. The van der Waals surface area contributed by atoms with Crippen molar-refractivity contribution < 1.29 is 28.5 Å². The average molecular weight is 400 g/mol. The quantitative estimate of drug-likeness (QED) is 0.506. The van der Waals surface area contributed by atoms with Crippen LogP contribution >= 0.6 is 0 Å². The number of hydrogen-bond donors (Lipinski definition) is 0. The van der Waals surface area contributed by atoms with E-state index in [0.717, 1.165) is 11.1 Å². The second-order valence-electron chi connectivity index (χ2n) is 6.29. The monoisotopic (exact) mass is 400 g/mol. The number of rotatable bonds is 12. The van der Waals surface area contributed by atoms with Crippen LogP contribution in [-0.4, -0.2) is 37.9 Å². The van der Waals surface area contributed by atoms with Crippen molar-refractivity contribution in [2.24, 2.45) is 0 Å². The van der Waals surface area contributed by atoms with E-state index in [9.17, 15) is 9.59 Å². The molecule has 0 aliphatic carbocycles. The molecule has 0 aliphatic rings. The number of carbonyl (C=O) groups excluding carboxylic acids is 2. The van der Waals surface area contributed by atoms with Gasteiger partial charge in [0.05, 0.1) is 19.6 Å². The molecular formula is C23H28O6. The van der Waals surface area contributed by atoms with Crippen molar-refractivity contribution in [3.8, 4) is 5.75 Å². The van der Waals surface area contributed by atoms with E-state index >= 15 is 0 Å². The topological polar surface area (TPSA) is 71.1 Å². The molecule has 2 aromatic rings. The van der Waals surface area contributed by atoms with Crippen molar-refractivity contribution >= 4 is 11.9 Å². The first-order valence-corrected chi connectivity index (χ1v) is 9.81. The highest BCUT2D eigenvalue weighted by Gasteiger charge is 2.20. The zero-order valence-corrected chi connectivity index (χ0v) is 17.0. The first kappa shape index (κ1) is 22.4. The van der Waals surface area contributed by atoms with Crippen LogP contribution in [0.1, 0.15) is 31.4 Å². The molecule has 0 aliphatic heterocycles. The Balaban J connectivity index is 1.73. The number of benzene rings is 2. The van der Waals surface area contributed by atoms with Gasteiger partial charge in [-0.2, -0.15) is 0 Å². The summed E-state index contributed by atoms with van der Waals surface area (Å²) < 4.78 is 21.3. The minimum absolute atomic E-state index is 0.170. The highest BCUT2D eigenvalue weighted by molar-refractivity contribution is 5.75. The lowest BCUT2D eigenvalue weighted by Gasteiger charge is -2.15. The van der Waals surface area contributed by atoms with Crippen LogP contribution < -0.4 is 4.74 Å². The standard InChI is InChI=1S/C23H28O6/c1-3-26-21(23(25)27-4-2)16-18-10-12-20(13-11-18)28-15-14-22(24)29-17-19-8-6-5-7-9-19/h5-13,21H,3-4,14-17H2,1-2H3/t21-/m0/s1. The van der Waals surface area contributed by atoms with Crippen molar-refractivity contribution in [3.63, 3.8) is 0 Å². The molecule has 0 heterocycles. The van der Waals surface area contributed by atoms with Gasteiger partial charge in [-0.05, 0) is 37.1 Å². The molecule has 0 fully saturated rings. The zero-order valence-electron chi connectivity index (χ0n) is 17.0. The molecule has 156 valence electrons. The Morgan fingerprint density at radius 3 is 2.24 bits per heavy atom. The van der Waals surface area contributed by atoms with Crippen molar-refractivity contribution in [1.82, 2.24) is 0 Å². The Kier molecular flexibility index (Phi) is 9.72. The molecule has 6 heteroatoms. The summed E-state index contributed by atoms with van der Waals surface area (Å²) in [6.07, 6.45) is -0.0195. The maximum atomic E-state index is 11.9. The average Bonchev–Trinajstić information content (AvgIpc) is 2.74. The molecule has 6 nitrogen and oxygen atoms in total. The maximum absolute atomic E-state index is 11.9. The lowest BCUT2D eigenvalue weighted by Crippen LogP contribution is -2.28. The molecule has 0 N–H and O–H groups in total. The first-order chi connectivity index (χ1) is 14.1. The third-order valence-electron chi connectivity index (χ3n) is 4.08. The summed E-state index contributed by atoms with van der Waals surface area (Å²) in [6, 6.07) is 16.9. The van der Waals surface area contributed by atoms with Gasteiger partial charge in [0.2, 0.25) is 0 Å². The van der Waals surface area contributed by atoms with E-state index in [2.05, 4.69) is 0 Å². The van der Waals surface area contributed by atoms with E-state index in [1.807, 2.05) is 49.4 Å². The summed E-state index contributed by atoms with van der Waals surface area (Å²) in [5.74, 6) is -0.0168. The molecule has 0 saturated heterocycles. The van der Waals surface area contributed by atoms with Crippen LogP contribution in [0.15, 0.2) is 54.6 Å². The summed E-state index contributed by atoms with van der Waals surface area (Å²) >= 11 is 0. The molecule has 0 aromatic heterocycles. The van der Waals surface area contributed by atoms with Gasteiger partial charge < -0.3 is 18.9 Å². The van der Waals surface area contributed by atoms with Gasteiger partial charge in [-0.25, -0.2) is 4.79 Å². The van der Waals surface area contributed by atoms with E-state index in [4.69, 9.17) is 18.9 Å². The van der Waals surface area contributed by atoms with Crippen LogP contribution in [0.4, 0.5) is 0 Å². The van der Waals surface area contributed by atoms with Crippen LogP contribution in [-0.2, 0) is 36.8 Å². The second-order valence-corrected chi connectivity index (χ2v) is 6.29. The van der Waals surface area contributed by atoms with E-state index in [0.29, 0.717) is 25.4 Å². The van der Waals surface area contributed by atoms with Crippen molar-refractivity contribution in [2.75, 3.05) is 19.8 Å². The summed E-state index contributed by atoms with van der Waals surface area (Å²) in [7, 11) is 0. The fourth-order valence-corrected chi connectivity index (χ4v) is 2.64. The summed E-state index contributed by atoms with van der Waals surface area (Å²) in [5, 5.41) is 0. The van der Waals surface area contributed by atoms with Crippen molar-refractivity contribution in [1.29, 1.82) is 0 Å². The molecule has 0 amide bonds. The largest absolute Gasteiger partial charge is 0.493 e. The van der Waals surface area contributed by atoms with Crippen LogP contribution in [0, 0.1) is 0 Å². The predicted molar refractivity (Wildman–Crippen MR) is 109 cm³/mol. The minimum Gasteiger partial charge on any atom is -0.493 e. The molecule has 0 radical (unpaired) electrons. The number of hydrogen-bond acceptors (Lipinski definition) is 6. The predicted octanol–water partition coefficient (Wildman–Crippen LogP) is 3.71. The van der Waals surface area contributed by atoms with Gasteiger partial charge in [0.25, 0.3) is 0 Å². The van der Waals surface area contributed by atoms with Gasteiger partial charge in [0.15, 0.2) is 6.10 Å².